The molecule has 1 aliphatic carbocycles. The normalized spacial score (nSPS) is 30.2. The van der Waals surface area contributed by atoms with Gasteiger partial charge >= 0.3 is 0 Å². The summed E-state index contributed by atoms with van der Waals surface area (Å²) in [5.41, 5.74) is 0.342. The molecule has 18 heavy (non-hydrogen) atoms. The van der Waals surface area contributed by atoms with Gasteiger partial charge in [-0.25, -0.2) is 0 Å². The fraction of sp³-hybridized carbons (Fsp3) is 1.00. The van der Waals surface area contributed by atoms with Gasteiger partial charge in [0.2, 0.25) is 0 Å². The van der Waals surface area contributed by atoms with Crippen molar-refractivity contribution < 1.29 is 5.11 Å². The van der Waals surface area contributed by atoms with Crippen LogP contribution in [0.1, 0.15) is 60.8 Å². The molecule has 108 valence electrons. The van der Waals surface area contributed by atoms with Gasteiger partial charge in [-0.15, -0.1) is 0 Å². The average molecular weight is 255 g/mol. The summed E-state index contributed by atoms with van der Waals surface area (Å²) in [7, 11) is 0. The molecule has 0 heterocycles. The third-order valence-corrected chi connectivity index (χ3v) is 4.38. The molecule has 1 rings (SSSR count). The molecule has 0 aromatic carbocycles. The Balaban J connectivity index is 2.82. The summed E-state index contributed by atoms with van der Waals surface area (Å²) in [5, 5.41) is 10.0. The molecule has 3 unspecified atom stereocenters. The largest absolute Gasteiger partial charge is 0.393 e. The Morgan fingerprint density at radius 2 is 1.83 bits per heavy atom. The topological polar surface area (TPSA) is 23.5 Å². The molecule has 1 aliphatic rings. The van der Waals surface area contributed by atoms with E-state index in [-0.39, 0.29) is 6.10 Å². The van der Waals surface area contributed by atoms with Crippen LogP contribution in [-0.2, 0) is 0 Å². The maximum atomic E-state index is 10.0. The number of hydrogen-bond donors (Lipinski definition) is 1. The fourth-order valence-corrected chi connectivity index (χ4v) is 3.51. The van der Waals surface area contributed by atoms with Gasteiger partial charge in [-0.3, -0.25) is 0 Å². The van der Waals surface area contributed by atoms with Gasteiger partial charge in [0.1, 0.15) is 0 Å². The van der Waals surface area contributed by atoms with Gasteiger partial charge in [0, 0.05) is 12.6 Å². The first-order valence-electron chi connectivity index (χ1n) is 7.67. The summed E-state index contributed by atoms with van der Waals surface area (Å²) in [5.74, 6) is 1.41. The highest BCUT2D eigenvalue weighted by molar-refractivity contribution is 4.92. The predicted molar refractivity (Wildman–Crippen MR) is 78.7 cm³/mol. The number of rotatable bonds is 4. The van der Waals surface area contributed by atoms with E-state index >= 15 is 0 Å². The molecule has 0 radical (unpaired) electrons. The van der Waals surface area contributed by atoms with E-state index in [0.717, 1.165) is 25.9 Å². The summed E-state index contributed by atoms with van der Waals surface area (Å²) in [4.78, 5) is 2.60. The molecule has 1 fully saturated rings. The Morgan fingerprint density at radius 1 is 1.22 bits per heavy atom. The molecule has 0 bridgehead atoms. The van der Waals surface area contributed by atoms with Crippen LogP contribution in [0, 0.1) is 17.3 Å². The molecule has 2 heteroatoms. The third kappa shape index (κ3) is 4.24. The lowest BCUT2D eigenvalue weighted by Gasteiger charge is -2.47. The lowest BCUT2D eigenvalue weighted by Crippen LogP contribution is -2.50. The first kappa shape index (κ1) is 16.0. The van der Waals surface area contributed by atoms with Crippen molar-refractivity contribution in [1.29, 1.82) is 0 Å². The van der Waals surface area contributed by atoms with Crippen molar-refractivity contribution in [3.8, 4) is 0 Å². The monoisotopic (exact) mass is 255 g/mol. The zero-order chi connectivity index (χ0) is 13.9. The lowest BCUT2D eigenvalue weighted by molar-refractivity contribution is -0.0136. The van der Waals surface area contributed by atoms with E-state index in [4.69, 9.17) is 0 Å². The second-order valence-electron chi connectivity index (χ2n) is 7.49. The highest BCUT2D eigenvalue weighted by Crippen LogP contribution is 2.40. The maximum Gasteiger partial charge on any atom is 0.0555 e. The van der Waals surface area contributed by atoms with Crippen molar-refractivity contribution >= 4 is 0 Å². The van der Waals surface area contributed by atoms with Gasteiger partial charge in [-0.05, 0) is 43.1 Å². The van der Waals surface area contributed by atoms with E-state index in [0.29, 0.717) is 23.3 Å². The molecule has 0 aromatic rings. The van der Waals surface area contributed by atoms with Crippen molar-refractivity contribution in [3.63, 3.8) is 0 Å². The van der Waals surface area contributed by atoms with Gasteiger partial charge < -0.3 is 10.0 Å². The summed E-state index contributed by atoms with van der Waals surface area (Å²) in [6.07, 6.45) is 3.03. The molecule has 0 aromatic heterocycles. The predicted octanol–water partition coefficient (Wildman–Crippen LogP) is 3.54. The van der Waals surface area contributed by atoms with Crippen LogP contribution >= 0.6 is 0 Å². The molecule has 3 atom stereocenters. The smallest absolute Gasteiger partial charge is 0.0555 e. The van der Waals surface area contributed by atoms with Crippen LogP contribution in [0.3, 0.4) is 0 Å². The van der Waals surface area contributed by atoms with E-state index in [9.17, 15) is 5.11 Å². The molecule has 0 spiro atoms. The maximum absolute atomic E-state index is 10.0. The van der Waals surface area contributed by atoms with Crippen LogP contribution in [-0.4, -0.2) is 35.2 Å². The van der Waals surface area contributed by atoms with E-state index in [2.05, 4.69) is 46.4 Å². The highest BCUT2D eigenvalue weighted by Gasteiger charge is 2.39. The number of aliphatic hydroxyl groups is 1. The minimum Gasteiger partial charge on any atom is -0.393 e. The van der Waals surface area contributed by atoms with E-state index in [1.165, 1.54) is 6.42 Å². The van der Waals surface area contributed by atoms with Crippen molar-refractivity contribution in [3.05, 3.63) is 0 Å². The Bertz CT molecular complexity index is 244. The second-order valence-corrected chi connectivity index (χ2v) is 7.49. The van der Waals surface area contributed by atoms with Crippen molar-refractivity contribution in [2.45, 2.75) is 73.0 Å². The quantitative estimate of drug-likeness (QED) is 0.830. The summed E-state index contributed by atoms with van der Waals surface area (Å²) in [6.45, 7) is 16.1. The summed E-state index contributed by atoms with van der Waals surface area (Å²) < 4.78 is 0. The molecule has 0 saturated heterocycles. The molecule has 1 N–H and O–H groups in total. The second kappa shape index (κ2) is 6.38. The Kier molecular flexibility index (Phi) is 5.67. The first-order valence-corrected chi connectivity index (χ1v) is 7.67. The van der Waals surface area contributed by atoms with Crippen LogP contribution < -0.4 is 0 Å². The van der Waals surface area contributed by atoms with Gasteiger partial charge in [-0.1, -0.05) is 41.5 Å². The molecule has 1 saturated carbocycles. The van der Waals surface area contributed by atoms with Crippen LogP contribution in [0.5, 0.6) is 0 Å². The lowest BCUT2D eigenvalue weighted by atomic mass is 9.68. The third-order valence-electron chi connectivity index (χ3n) is 4.38. The minimum absolute atomic E-state index is 0.0881. The molecule has 2 nitrogen and oxygen atoms in total. The number of nitrogens with zero attached hydrogens (tertiary/aromatic N) is 1. The van der Waals surface area contributed by atoms with Crippen LogP contribution in [0.15, 0.2) is 0 Å². The van der Waals surface area contributed by atoms with E-state index in [1.54, 1.807) is 0 Å². The first-order chi connectivity index (χ1) is 8.25. The standard InChI is InChI=1S/C16H33NO/c1-7-17(11-12(2)3)15-10-13(18)8-9-14(15)16(4,5)6/h12-15,18H,7-11H2,1-6H3. The zero-order valence-corrected chi connectivity index (χ0v) is 13.2. The van der Waals surface area contributed by atoms with Crippen molar-refractivity contribution in [2.75, 3.05) is 13.1 Å². The molecule has 0 aliphatic heterocycles. The summed E-state index contributed by atoms with van der Waals surface area (Å²) >= 11 is 0. The average Bonchev–Trinajstić information content (AvgIpc) is 2.23. The van der Waals surface area contributed by atoms with E-state index in [1.807, 2.05) is 0 Å². The van der Waals surface area contributed by atoms with Gasteiger partial charge in [-0.2, -0.15) is 0 Å². The van der Waals surface area contributed by atoms with Crippen LogP contribution in [0.25, 0.3) is 0 Å². The molecular weight excluding hydrogens is 222 g/mol. The Morgan fingerprint density at radius 3 is 2.28 bits per heavy atom. The fourth-order valence-electron chi connectivity index (χ4n) is 3.51. The van der Waals surface area contributed by atoms with Gasteiger partial charge in [0.25, 0.3) is 0 Å². The molecular formula is C16H33NO. The van der Waals surface area contributed by atoms with Crippen molar-refractivity contribution in [1.82, 2.24) is 4.90 Å². The molecule has 0 amide bonds. The van der Waals surface area contributed by atoms with Gasteiger partial charge in [0.05, 0.1) is 6.10 Å². The van der Waals surface area contributed by atoms with E-state index < -0.39 is 0 Å². The number of aliphatic hydroxyl groups excluding tert-OH is 1. The zero-order valence-electron chi connectivity index (χ0n) is 13.2. The Labute approximate surface area is 114 Å². The Hall–Kier alpha value is -0.0800. The highest BCUT2D eigenvalue weighted by atomic mass is 16.3. The van der Waals surface area contributed by atoms with Crippen molar-refractivity contribution in [2.24, 2.45) is 17.3 Å². The van der Waals surface area contributed by atoms with Crippen LogP contribution in [0.4, 0.5) is 0 Å². The SMILES string of the molecule is CCN(CC(C)C)C1CC(O)CCC1C(C)(C)C. The van der Waals surface area contributed by atoms with Gasteiger partial charge in [0.15, 0.2) is 0 Å². The number of hydrogen-bond acceptors (Lipinski definition) is 2. The minimum atomic E-state index is -0.0881. The van der Waals surface area contributed by atoms with Crippen LogP contribution in [0.2, 0.25) is 0 Å². The summed E-state index contributed by atoms with van der Waals surface area (Å²) in [6, 6.07) is 0.557.